The van der Waals surface area contributed by atoms with E-state index in [-0.39, 0.29) is 62.3 Å². The Balaban J connectivity index is 1.28. The van der Waals surface area contributed by atoms with Gasteiger partial charge in [-0.2, -0.15) is 5.01 Å². The van der Waals surface area contributed by atoms with Crippen LogP contribution in [0.2, 0.25) is 0 Å². The molecule has 46 heavy (non-hydrogen) atoms. The van der Waals surface area contributed by atoms with Gasteiger partial charge in [0.15, 0.2) is 5.13 Å². The van der Waals surface area contributed by atoms with E-state index in [9.17, 15) is 19.5 Å². The number of nitrogen functional groups attached to an aromatic ring is 1. The highest BCUT2D eigenvalue weighted by atomic mass is 32.1. The van der Waals surface area contributed by atoms with Crippen molar-refractivity contribution in [3.63, 3.8) is 0 Å². The monoisotopic (exact) mass is 644 g/mol. The summed E-state index contributed by atoms with van der Waals surface area (Å²) >= 11 is 1.38. The van der Waals surface area contributed by atoms with E-state index in [0.29, 0.717) is 23.8 Å². The lowest BCUT2D eigenvalue weighted by atomic mass is 10.0. The third-order valence-corrected chi connectivity index (χ3v) is 9.24. The van der Waals surface area contributed by atoms with Crippen molar-refractivity contribution < 1.29 is 24.2 Å². The molecule has 2 fully saturated rings. The largest absolute Gasteiger partial charge is 0.506 e. The molecule has 14 heteroatoms. The molecule has 0 radical (unpaired) electrons. The van der Waals surface area contributed by atoms with Crippen molar-refractivity contribution in [2.75, 3.05) is 39.0 Å². The van der Waals surface area contributed by atoms with Crippen molar-refractivity contribution >= 4 is 44.5 Å². The van der Waals surface area contributed by atoms with Gasteiger partial charge in [0.2, 0.25) is 11.8 Å². The lowest BCUT2D eigenvalue weighted by Crippen LogP contribution is -2.66. The second kappa shape index (κ2) is 13.3. The fraction of sp³-hybridized carbons (Fsp3) is 0.344. The molecule has 3 atom stereocenters. The van der Waals surface area contributed by atoms with E-state index in [1.54, 1.807) is 34.1 Å². The van der Waals surface area contributed by atoms with Crippen LogP contribution in [-0.2, 0) is 27.3 Å². The summed E-state index contributed by atoms with van der Waals surface area (Å²) in [6.45, 7) is 4.60. The van der Waals surface area contributed by atoms with Crippen molar-refractivity contribution in [3.05, 3.63) is 84.2 Å². The zero-order valence-corrected chi connectivity index (χ0v) is 26.2. The summed E-state index contributed by atoms with van der Waals surface area (Å²) < 4.78 is 6.27. The number of urea groups is 1. The van der Waals surface area contributed by atoms with Crippen LogP contribution in [0.3, 0.4) is 0 Å². The number of aromatic nitrogens is 2. The van der Waals surface area contributed by atoms with Gasteiger partial charge >= 0.3 is 6.03 Å². The summed E-state index contributed by atoms with van der Waals surface area (Å²) in [5, 5.41) is 16.4. The number of piperazine rings is 1. The van der Waals surface area contributed by atoms with Crippen LogP contribution in [0, 0.1) is 0 Å². The highest BCUT2D eigenvalue weighted by molar-refractivity contribution is 7.22. The number of methoxy groups -OCH3 is 1. The molecule has 4 amide bonds. The van der Waals surface area contributed by atoms with Gasteiger partial charge in [0, 0.05) is 32.3 Å². The molecule has 240 valence electrons. The van der Waals surface area contributed by atoms with Crippen molar-refractivity contribution in [2.45, 2.75) is 37.7 Å². The average Bonchev–Trinajstić information content (AvgIpc) is 3.60. The summed E-state index contributed by atoms with van der Waals surface area (Å²) in [6, 6.07) is 7.61. The first-order valence-corrected chi connectivity index (χ1v) is 15.8. The molecule has 4 N–H and O–H groups in total. The number of carbonyl (C=O) groups excluding carboxylic acids is 3. The lowest BCUT2D eigenvalue weighted by Gasteiger charge is -2.46. The number of ether oxygens (including phenoxy) is 1. The van der Waals surface area contributed by atoms with E-state index in [1.165, 1.54) is 28.6 Å². The third kappa shape index (κ3) is 6.32. The highest BCUT2D eigenvalue weighted by Crippen LogP contribution is 2.32. The standard InChI is InChI=1S/C32H36N8O5S/c1-3-13-38(32(44)35-15-20-7-11-24(45-2)12-8-20)39-19-28(42)40-25(14-22-9-10-23(41)16-34-22)30(43)37(18-27(39)40)17-21-5-4-6-26-29(21)36-31(33)46-26/h3-11,16,24-25,27,41H,1,12-15,17-19H2,2H3,(H2,33,36)(H,35,44)/t24?,25-,27+/m0/s1. The van der Waals surface area contributed by atoms with Crippen molar-refractivity contribution in [2.24, 2.45) is 0 Å². The Bertz CT molecular complexity index is 1710. The number of anilines is 1. The fourth-order valence-electron chi connectivity index (χ4n) is 6.13. The quantitative estimate of drug-likeness (QED) is 0.282. The normalized spacial score (nSPS) is 21.4. The minimum Gasteiger partial charge on any atom is -0.506 e. The maximum atomic E-state index is 14.2. The zero-order chi connectivity index (χ0) is 32.4. The number of carbonyl (C=O) groups is 3. The van der Waals surface area contributed by atoms with Crippen LogP contribution in [0.15, 0.2) is 73.0 Å². The minimum atomic E-state index is -0.882. The van der Waals surface area contributed by atoms with E-state index in [0.717, 1.165) is 21.4 Å². The number of hydrogen-bond donors (Lipinski definition) is 3. The smallest absolute Gasteiger partial charge is 0.332 e. The van der Waals surface area contributed by atoms with E-state index >= 15 is 0 Å². The molecule has 2 saturated heterocycles. The second-order valence-corrected chi connectivity index (χ2v) is 12.4. The number of nitrogens with two attached hydrogens (primary N) is 1. The molecule has 6 rings (SSSR count). The molecule has 3 aliphatic rings. The number of para-hydroxylation sites is 1. The molecule has 3 aromatic rings. The molecule has 4 heterocycles. The number of hydrazine groups is 1. The van der Waals surface area contributed by atoms with Crippen LogP contribution in [0.25, 0.3) is 10.2 Å². The summed E-state index contributed by atoms with van der Waals surface area (Å²) in [7, 11) is 1.66. The maximum absolute atomic E-state index is 14.2. The van der Waals surface area contributed by atoms with Gasteiger partial charge < -0.3 is 30.7 Å². The van der Waals surface area contributed by atoms with Gasteiger partial charge in [-0.1, -0.05) is 47.8 Å². The van der Waals surface area contributed by atoms with Gasteiger partial charge in [0.25, 0.3) is 0 Å². The number of nitrogens with one attached hydrogen (secondary N) is 1. The van der Waals surface area contributed by atoms with Gasteiger partial charge in [-0.25, -0.2) is 9.78 Å². The first-order chi connectivity index (χ1) is 22.2. The van der Waals surface area contributed by atoms with Crippen LogP contribution in [0.5, 0.6) is 5.75 Å². The highest BCUT2D eigenvalue weighted by Gasteiger charge is 2.52. The van der Waals surface area contributed by atoms with Crippen LogP contribution >= 0.6 is 11.3 Å². The van der Waals surface area contributed by atoms with Gasteiger partial charge in [-0.05, 0) is 35.8 Å². The summed E-state index contributed by atoms with van der Waals surface area (Å²) in [5.74, 6) is -0.519. The van der Waals surface area contributed by atoms with E-state index < -0.39 is 12.2 Å². The molecule has 0 spiro atoms. The Morgan fingerprint density at radius 2 is 2.15 bits per heavy atom. The van der Waals surface area contributed by atoms with Crippen molar-refractivity contribution in [1.82, 2.24) is 35.1 Å². The van der Waals surface area contributed by atoms with E-state index in [4.69, 9.17) is 10.5 Å². The number of hydrogen-bond acceptors (Lipinski definition) is 10. The van der Waals surface area contributed by atoms with Gasteiger partial charge in [0.05, 0.1) is 42.2 Å². The number of aromatic hydroxyl groups is 1. The molecule has 0 bridgehead atoms. The number of amides is 4. The fourth-order valence-corrected chi connectivity index (χ4v) is 6.91. The zero-order valence-electron chi connectivity index (χ0n) is 25.4. The number of rotatable bonds is 10. The van der Waals surface area contributed by atoms with Gasteiger partial charge in [0.1, 0.15) is 18.0 Å². The average molecular weight is 645 g/mol. The number of nitrogens with zero attached hydrogens (tertiary/aromatic N) is 6. The van der Waals surface area contributed by atoms with Crippen molar-refractivity contribution in [1.29, 1.82) is 0 Å². The molecule has 1 aromatic carbocycles. The molecular weight excluding hydrogens is 608 g/mol. The summed E-state index contributed by atoms with van der Waals surface area (Å²) in [6.07, 6.45) is 9.06. The summed E-state index contributed by atoms with van der Waals surface area (Å²) in [4.78, 5) is 53.5. The molecule has 2 aliphatic heterocycles. The van der Waals surface area contributed by atoms with Gasteiger partial charge in [-0.3, -0.25) is 19.6 Å². The van der Waals surface area contributed by atoms with Crippen LogP contribution in [-0.4, -0.2) is 104 Å². The first-order valence-electron chi connectivity index (χ1n) is 15.0. The Labute approximate surface area is 270 Å². The molecule has 1 unspecified atom stereocenters. The Morgan fingerprint density at radius 1 is 1.30 bits per heavy atom. The third-order valence-electron chi connectivity index (χ3n) is 8.39. The van der Waals surface area contributed by atoms with E-state index in [2.05, 4.69) is 21.9 Å². The van der Waals surface area contributed by atoms with E-state index in [1.807, 2.05) is 36.4 Å². The Kier molecular flexibility index (Phi) is 9.01. The SMILES string of the molecule is C=CCN(C(=O)NCC1=CCC(OC)C=C1)N1CC(=O)N2[C@@H](Cc3ccc(O)cn3)C(=O)N(Cc3cccc4sc(N)nc34)C[C@@H]21. The molecule has 1 aliphatic carbocycles. The maximum Gasteiger partial charge on any atom is 0.332 e. The minimum absolute atomic E-state index is 0.00125. The molecule has 13 nitrogen and oxygen atoms in total. The Hall–Kier alpha value is -4.79. The Morgan fingerprint density at radius 3 is 2.87 bits per heavy atom. The van der Waals surface area contributed by atoms with Gasteiger partial charge in [-0.15, -0.1) is 6.58 Å². The predicted octanol–water partition coefficient (Wildman–Crippen LogP) is 2.42. The van der Waals surface area contributed by atoms with Crippen LogP contribution in [0.4, 0.5) is 9.93 Å². The molecular formula is C32H36N8O5S. The van der Waals surface area contributed by atoms with Crippen molar-refractivity contribution in [3.8, 4) is 5.75 Å². The van der Waals surface area contributed by atoms with Crippen LogP contribution < -0.4 is 11.1 Å². The molecule has 0 saturated carbocycles. The second-order valence-electron chi connectivity index (χ2n) is 11.3. The number of fused-ring (bicyclic) bond motifs is 2. The molecule has 2 aromatic heterocycles. The number of benzene rings is 1. The number of pyridine rings is 1. The summed E-state index contributed by atoms with van der Waals surface area (Å²) in [5.41, 5.74) is 9.06. The topological polar surface area (TPSA) is 157 Å². The number of thiazole rings is 1. The lowest BCUT2D eigenvalue weighted by molar-refractivity contribution is -0.157. The van der Waals surface area contributed by atoms with Crippen LogP contribution in [0.1, 0.15) is 17.7 Å². The predicted molar refractivity (Wildman–Crippen MR) is 173 cm³/mol. The first kappa shape index (κ1) is 31.2.